The van der Waals surface area contributed by atoms with Gasteiger partial charge in [-0.05, 0) is 26.9 Å². The third-order valence-electron chi connectivity index (χ3n) is 3.71. The average molecular weight is 294 g/mol. The van der Waals surface area contributed by atoms with E-state index in [0.717, 1.165) is 48.3 Å². The summed E-state index contributed by atoms with van der Waals surface area (Å²) >= 11 is 1.59. The Labute approximate surface area is 124 Å². The van der Waals surface area contributed by atoms with Crippen LogP contribution in [0.4, 0.5) is 0 Å². The molecule has 2 fully saturated rings. The van der Waals surface area contributed by atoms with Gasteiger partial charge < -0.3 is 15.1 Å². The molecule has 1 saturated carbocycles. The van der Waals surface area contributed by atoms with E-state index in [4.69, 9.17) is 4.98 Å². The summed E-state index contributed by atoms with van der Waals surface area (Å²) in [5.41, 5.74) is 1.07. The van der Waals surface area contributed by atoms with Crippen molar-refractivity contribution in [2.24, 2.45) is 0 Å². The van der Waals surface area contributed by atoms with E-state index in [1.54, 1.807) is 11.3 Å². The van der Waals surface area contributed by atoms with Gasteiger partial charge in [-0.25, -0.2) is 4.98 Å². The molecule has 0 aromatic carbocycles. The lowest BCUT2D eigenvalue weighted by molar-refractivity contribution is 0.0739. The number of rotatable bonds is 4. The minimum atomic E-state index is 0.191. The molecule has 1 aliphatic heterocycles. The number of carbonyl (C=O) groups is 1. The van der Waals surface area contributed by atoms with Gasteiger partial charge in [0.15, 0.2) is 0 Å². The second-order valence-corrected chi connectivity index (χ2v) is 6.96. The van der Waals surface area contributed by atoms with E-state index in [-0.39, 0.29) is 5.91 Å². The lowest BCUT2D eigenvalue weighted by Crippen LogP contribution is -2.46. The fourth-order valence-electron chi connectivity index (χ4n) is 2.51. The van der Waals surface area contributed by atoms with Crippen molar-refractivity contribution in [1.82, 2.24) is 20.1 Å². The third-order valence-corrected chi connectivity index (χ3v) is 4.76. The summed E-state index contributed by atoms with van der Waals surface area (Å²) in [5.74, 6) is 0.722. The second-order valence-electron chi connectivity index (χ2n) is 5.88. The van der Waals surface area contributed by atoms with Gasteiger partial charge in [-0.1, -0.05) is 0 Å². The van der Waals surface area contributed by atoms with Crippen molar-refractivity contribution in [3.8, 4) is 0 Å². The minimum Gasteiger partial charge on any atom is -0.335 e. The van der Waals surface area contributed by atoms with Crippen LogP contribution in [0.1, 0.15) is 39.1 Å². The molecule has 2 heterocycles. The molecule has 1 saturated heterocycles. The SMILES string of the molecule is CN(C)Cc1nc(C2CC2)c(C(=O)N2CCNCC2)s1. The first kappa shape index (κ1) is 14.0. The van der Waals surface area contributed by atoms with Crippen LogP contribution in [0.25, 0.3) is 0 Å². The lowest BCUT2D eigenvalue weighted by atomic mass is 10.2. The number of nitrogens with one attached hydrogen (secondary N) is 1. The van der Waals surface area contributed by atoms with E-state index in [1.807, 2.05) is 19.0 Å². The van der Waals surface area contributed by atoms with Crippen molar-refractivity contribution in [2.45, 2.75) is 25.3 Å². The molecular weight excluding hydrogens is 272 g/mol. The summed E-state index contributed by atoms with van der Waals surface area (Å²) in [6, 6.07) is 0. The third kappa shape index (κ3) is 3.02. The first-order valence-corrected chi connectivity index (χ1v) is 8.11. The maximum atomic E-state index is 12.7. The fraction of sp³-hybridized carbons (Fsp3) is 0.714. The highest BCUT2D eigenvalue weighted by molar-refractivity contribution is 7.13. The van der Waals surface area contributed by atoms with Gasteiger partial charge in [0.25, 0.3) is 5.91 Å². The molecule has 0 bridgehead atoms. The standard InChI is InChI=1S/C14H22N4OS/c1-17(2)9-11-16-12(10-3-4-10)13(20-11)14(19)18-7-5-15-6-8-18/h10,15H,3-9H2,1-2H3. The molecule has 6 heteroatoms. The Morgan fingerprint density at radius 3 is 2.70 bits per heavy atom. The van der Waals surface area contributed by atoms with Gasteiger partial charge >= 0.3 is 0 Å². The number of aromatic nitrogens is 1. The van der Waals surface area contributed by atoms with Gasteiger partial charge in [0, 0.05) is 38.6 Å². The Morgan fingerprint density at radius 1 is 1.40 bits per heavy atom. The zero-order valence-corrected chi connectivity index (χ0v) is 13.0. The van der Waals surface area contributed by atoms with Gasteiger partial charge in [0.05, 0.1) is 5.69 Å². The first-order chi connectivity index (χ1) is 9.65. The van der Waals surface area contributed by atoms with Crippen LogP contribution in [0.5, 0.6) is 0 Å². The Hall–Kier alpha value is -0.980. The summed E-state index contributed by atoms with van der Waals surface area (Å²) < 4.78 is 0. The van der Waals surface area contributed by atoms with E-state index < -0.39 is 0 Å². The Balaban J connectivity index is 1.82. The van der Waals surface area contributed by atoms with E-state index in [1.165, 1.54) is 12.8 Å². The monoisotopic (exact) mass is 294 g/mol. The number of piperazine rings is 1. The van der Waals surface area contributed by atoms with E-state index in [0.29, 0.717) is 5.92 Å². The minimum absolute atomic E-state index is 0.191. The molecular formula is C14H22N4OS. The summed E-state index contributed by atoms with van der Waals surface area (Å²) in [6.07, 6.45) is 2.37. The maximum Gasteiger partial charge on any atom is 0.265 e. The zero-order valence-electron chi connectivity index (χ0n) is 12.2. The normalized spacial score (nSPS) is 19.6. The van der Waals surface area contributed by atoms with Crippen molar-refractivity contribution in [3.63, 3.8) is 0 Å². The van der Waals surface area contributed by atoms with Crippen LogP contribution in [0.3, 0.4) is 0 Å². The molecule has 1 aliphatic carbocycles. The molecule has 0 atom stereocenters. The molecule has 0 spiro atoms. The number of hydrogen-bond acceptors (Lipinski definition) is 5. The molecule has 1 aromatic heterocycles. The summed E-state index contributed by atoms with van der Waals surface area (Å²) in [5, 5.41) is 4.35. The number of thiazole rings is 1. The highest BCUT2D eigenvalue weighted by atomic mass is 32.1. The summed E-state index contributed by atoms with van der Waals surface area (Å²) in [7, 11) is 4.08. The molecule has 2 aliphatic rings. The maximum absolute atomic E-state index is 12.7. The van der Waals surface area contributed by atoms with Crippen molar-refractivity contribution in [3.05, 3.63) is 15.6 Å². The molecule has 3 rings (SSSR count). The molecule has 110 valence electrons. The average Bonchev–Trinajstić information content (AvgIpc) is 3.20. The van der Waals surface area contributed by atoms with Crippen LogP contribution in [0.15, 0.2) is 0 Å². The van der Waals surface area contributed by atoms with Crippen molar-refractivity contribution < 1.29 is 4.79 Å². The van der Waals surface area contributed by atoms with Crippen LogP contribution in [0.2, 0.25) is 0 Å². The predicted octanol–water partition coefficient (Wildman–Crippen LogP) is 1.13. The smallest absolute Gasteiger partial charge is 0.265 e. The van der Waals surface area contributed by atoms with Crippen molar-refractivity contribution >= 4 is 17.2 Å². The molecule has 1 aromatic rings. The zero-order chi connectivity index (χ0) is 14.1. The van der Waals surface area contributed by atoms with E-state index >= 15 is 0 Å². The van der Waals surface area contributed by atoms with Crippen LogP contribution in [-0.4, -0.2) is 61.0 Å². The number of hydrogen-bond donors (Lipinski definition) is 1. The van der Waals surface area contributed by atoms with Gasteiger partial charge in [-0.15, -0.1) is 11.3 Å². The summed E-state index contributed by atoms with van der Waals surface area (Å²) in [6.45, 7) is 4.23. The van der Waals surface area contributed by atoms with Gasteiger partial charge in [0.2, 0.25) is 0 Å². The predicted molar refractivity (Wildman–Crippen MR) is 80.3 cm³/mol. The van der Waals surface area contributed by atoms with Crippen LogP contribution in [0, 0.1) is 0 Å². The number of amides is 1. The topological polar surface area (TPSA) is 48.5 Å². The largest absolute Gasteiger partial charge is 0.335 e. The van der Waals surface area contributed by atoms with Crippen molar-refractivity contribution in [2.75, 3.05) is 40.3 Å². The van der Waals surface area contributed by atoms with E-state index in [9.17, 15) is 4.79 Å². The Bertz CT molecular complexity index is 489. The molecule has 0 unspecified atom stereocenters. The fourth-order valence-corrected chi connectivity index (χ4v) is 3.75. The Morgan fingerprint density at radius 2 is 2.10 bits per heavy atom. The highest BCUT2D eigenvalue weighted by Gasteiger charge is 2.33. The molecule has 20 heavy (non-hydrogen) atoms. The lowest BCUT2D eigenvalue weighted by Gasteiger charge is -2.27. The molecule has 1 N–H and O–H groups in total. The summed E-state index contributed by atoms with van der Waals surface area (Å²) in [4.78, 5) is 22.4. The number of carbonyl (C=O) groups excluding carboxylic acids is 1. The van der Waals surface area contributed by atoms with Crippen LogP contribution >= 0.6 is 11.3 Å². The Kier molecular flexibility index (Phi) is 4.05. The van der Waals surface area contributed by atoms with Gasteiger partial charge in [-0.3, -0.25) is 4.79 Å². The molecule has 0 radical (unpaired) electrons. The molecule has 1 amide bonds. The van der Waals surface area contributed by atoms with Gasteiger partial charge in [-0.2, -0.15) is 0 Å². The second kappa shape index (κ2) is 5.79. The molecule has 5 nitrogen and oxygen atoms in total. The quantitative estimate of drug-likeness (QED) is 0.904. The first-order valence-electron chi connectivity index (χ1n) is 7.29. The van der Waals surface area contributed by atoms with Crippen LogP contribution < -0.4 is 5.32 Å². The van der Waals surface area contributed by atoms with Crippen molar-refractivity contribution in [1.29, 1.82) is 0 Å². The number of nitrogens with zero attached hydrogens (tertiary/aromatic N) is 3. The highest BCUT2D eigenvalue weighted by Crippen LogP contribution is 2.43. The van der Waals surface area contributed by atoms with E-state index in [2.05, 4.69) is 10.2 Å². The van der Waals surface area contributed by atoms with Crippen LogP contribution in [-0.2, 0) is 6.54 Å². The van der Waals surface area contributed by atoms with Gasteiger partial charge in [0.1, 0.15) is 9.88 Å².